The third kappa shape index (κ3) is 2.93. The summed E-state index contributed by atoms with van der Waals surface area (Å²) in [5.41, 5.74) is 3.10. The van der Waals surface area contributed by atoms with Crippen LogP contribution in [-0.2, 0) is 14.8 Å². The lowest BCUT2D eigenvalue weighted by Crippen LogP contribution is -2.42. The molecule has 28 heavy (non-hydrogen) atoms. The molecule has 0 fully saturated rings. The van der Waals surface area contributed by atoms with Crippen molar-refractivity contribution in [3.8, 4) is 5.82 Å². The second kappa shape index (κ2) is 6.45. The van der Waals surface area contributed by atoms with Crippen molar-refractivity contribution < 1.29 is 13.2 Å². The Morgan fingerprint density at radius 3 is 2.57 bits per heavy atom. The number of hydrogen-bond acceptors (Lipinski definition) is 5. The second-order valence-corrected chi connectivity index (χ2v) is 8.59. The summed E-state index contributed by atoms with van der Waals surface area (Å²) in [6, 6.07) is 6.97. The van der Waals surface area contributed by atoms with Crippen molar-refractivity contribution in [1.29, 1.82) is 0 Å². The maximum absolute atomic E-state index is 13.4. The number of para-hydroxylation sites is 1. The Kier molecular flexibility index (Phi) is 4.19. The van der Waals surface area contributed by atoms with Crippen LogP contribution in [0.15, 0.2) is 47.9 Å². The number of carbonyl (C=O) groups is 1. The minimum atomic E-state index is -3.97. The van der Waals surface area contributed by atoms with Gasteiger partial charge in [-0.15, -0.1) is 0 Å². The predicted molar refractivity (Wildman–Crippen MR) is 105 cm³/mol. The molecule has 0 bridgehead atoms. The molecule has 2 aromatic heterocycles. The van der Waals surface area contributed by atoms with Crippen molar-refractivity contribution >= 4 is 27.3 Å². The molecule has 4 rings (SSSR count). The van der Waals surface area contributed by atoms with Crippen LogP contribution < -0.4 is 9.62 Å². The Morgan fingerprint density at radius 2 is 1.89 bits per heavy atom. The SMILES string of the molecule is Cc1cn(-c2cc(C)c(S(=O)(=O)N3CC(=O)Nc4cccc(C)c43)cn2)cn1. The number of imidazole rings is 1. The summed E-state index contributed by atoms with van der Waals surface area (Å²) in [5, 5.41) is 2.73. The van der Waals surface area contributed by atoms with E-state index in [9.17, 15) is 13.2 Å². The lowest BCUT2D eigenvalue weighted by Gasteiger charge is -2.31. The van der Waals surface area contributed by atoms with E-state index in [1.807, 2.05) is 26.1 Å². The number of carbonyl (C=O) groups excluding carboxylic acids is 1. The normalized spacial score (nSPS) is 14.0. The summed E-state index contributed by atoms with van der Waals surface area (Å²) in [4.78, 5) is 20.6. The first-order valence-electron chi connectivity index (χ1n) is 8.67. The molecule has 0 saturated carbocycles. The maximum Gasteiger partial charge on any atom is 0.266 e. The number of nitrogens with zero attached hydrogens (tertiary/aromatic N) is 4. The first-order valence-corrected chi connectivity index (χ1v) is 10.1. The minimum Gasteiger partial charge on any atom is -0.323 e. The molecule has 0 spiro atoms. The van der Waals surface area contributed by atoms with Crippen LogP contribution in [-0.4, -0.2) is 35.4 Å². The maximum atomic E-state index is 13.4. The van der Waals surface area contributed by atoms with Crippen molar-refractivity contribution in [1.82, 2.24) is 14.5 Å². The van der Waals surface area contributed by atoms with Crippen molar-refractivity contribution in [2.24, 2.45) is 0 Å². The molecule has 144 valence electrons. The zero-order chi connectivity index (χ0) is 20.1. The summed E-state index contributed by atoms with van der Waals surface area (Å²) in [6.07, 6.45) is 4.77. The number of aryl methyl sites for hydroxylation is 3. The molecule has 8 nitrogen and oxygen atoms in total. The van der Waals surface area contributed by atoms with Gasteiger partial charge < -0.3 is 5.32 Å². The Hall–Kier alpha value is -3.20. The highest BCUT2D eigenvalue weighted by Crippen LogP contribution is 2.36. The monoisotopic (exact) mass is 397 g/mol. The Morgan fingerprint density at radius 1 is 1.11 bits per heavy atom. The summed E-state index contributed by atoms with van der Waals surface area (Å²) < 4.78 is 29.7. The van der Waals surface area contributed by atoms with Crippen LogP contribution in [0.4, 0.5) is 11.4 Å². The summed E-state index contributed by atoms with van der Waals surface area (Å²) >= 11 is 0. The molecule has 1 aromatic carbocycles. The fourth-order valence-electron chi connectivity index (χ4n) is 3.30. The number of nitrogens with one attached hydrogen (secondary N) is 1. The van der Waals surface area contributed by atoms with E-state index in [0.717, 1.165) is 15.6 Å². The van der Waals surface area contributed by atoms with Crippen LogP contribution >= 0.6 is 0 Å². The lowest BCUT2D eigenvalue weighted by atomic mass is 10.1. The largest absolute Gasteiger partial charge is 0.323 e. The molecule has 0 radical (unpaired) electrons. The van der Waals surface area contributed by atoms with Crippen LogP contribution in [0.3, 0.4) is 0 Å². The van der Waals surface area contributed by atoms with Gasteiger partial charge in [0.25, 0.3) is 10.0 Å². The van der Waals surface area contributed by atoms with Gasteiger partial charge in [0.1, 0.15) is 23.6 Å². The van der Waals surface area contributed by atoms with Crippen LogP contribution in [0, 0.1) is 20.8 Å². The van der Waals surface area contributed by atoms with Crippen molar-refractivity contribution in [3.63, 3.8) is 0 Å². The van der Waals surface area contributed by atoms with Gasteiger partial charge in [0.2, 0.25) is 5.91 Å². The third-order valence-electron chi connectivity index (χ3n) is 4.64. The fraction of sp³-hybridized carbons (Fsp3) is 0.211. The number of hydrogen-bond donors (Lipinski definition) is 1. The van der Waals surface area contributed by atoms with E-state index in [4.69, 9.17) is 0 Å². The highest BCUT2D eigenvalue weighted by Gasteiger charge is 2.34. The van der Waals surface area contributed by atoms with E-state index < -0.39 is 10.0 Å². The molecule has 1 aliphatic heterocycles. The quantitative estimate of drug-likeness (QED) is 0.732. The molecular weight excluding hydrogens is 378 g/mol. The van der Waals surface area contributed by atoms with Crippen LogP contribution in [0.25, 0.3) is 5.82 Å². The molecule has 3 aromatic rings. The molecule has 3 heterocycles. The number of rotatable bonds is 3. The molecule has 1 aliphatic rings. The van der Waals surface area contributed by atoms with Crippen LogP contribution in [0.2, 0.25) is 0 Å². The topological polar surface area (TPSA) is 97.2 Å². The molecule has 0 unspecified atom stereocenters. The minimum absolute atomic E-state index is 0.0667. The Labute approximate surface area is 162 Å². The number of anilines is 2. The highest BCUT2D eigenvalue weighted by molar-refractivity contribution is 7.93. The molecule has 0 atom stereocenters. The summed E-state index contributed by atoms with van der Waals surface area (Å²) in [6.45, 7) is 5.12. The first kappa shape index (κ1) is 18.2. The average molecular weight is 397 g/mol. The predicted octanol–water partition coefficient (Wildman–Crippen LogP) is 2.34. The van der Waals surface area contributed by atoms with Crippen molar-refractivity contribution in [2.45, 2.75) is 25.7 Å². The van der Waals surface area contributed by atoms with E-state index in [-0.39, 0.29) is 17.3 Å². The van der Waals surface area contributed by atoms with Crippen LogP contribution in [0.1, 0.15) is 16.8 Å². The molecule has 1 amide bonds. The van der Waals surface area contributed by atoms with Crippen LogP contribution in [0.5, 0.6) is 0 Å². The number of fused-ring (bicyclic) bond motifs is 1. The van der Waals surface area contributed by atoms with E-state index in [1.165, 1.54) is 6.20 Å². The third-order valence-corrected chi connectivity index (χ3v) is 6.52. The smallest absolute Gasteiger partial charge is 0.266 e. The first-order chi connectivity index (χ1) is 13.3. The van der Waals surface area contributed by atoms with Gasteiger partial charge in [-0.25, -0.2) is 18.4 Å². The standard InChI is InChI=1S/C19H19N5O3S/c1-12-5-4-6-15-19(12)24(10-18(25)22-15)28(26,27)16-8-20-17(7-13(16)2)23-9-14(3)21-11-23/h4-9,11H,10H2,1-3H3,(H,22,25). The van der Waals surface area contributed by atoms with Gasteiger partial charge in [-0.2, -0.15) is 0 Å². The van der Waals surface area contributed by atoms with Gasteiger partial charge >= 0.3 is 0 Å². The molecular formula is C19H19N5O3S. The van der Waals surface area contributed by atoms with E-state index in [2.05, 4.69) is 15.3 Å². The van der Waals surface area contributed by atoms with Gasteiger partial charge in [-0.1, -0.05) is 12.1 Å². The highest BCUT2D eigenvalue weighted by atomic mass is 32.2. The molecule has 0 aliphatic carbocycles. The Balaban J connectivity index is 1.81. The van der Waals surface area contributed by atoms with Gasteiger partial charge in [-0.3, -0.25) is 13.7 Å². The number of benzene rings is 1. The molecule has 0 saturated heterocycles. The van der Waals surface area contributed by atoms with E-state index in [0.29, 0.717) is 22.8 Å². The van der Waals surface area contributed by atoms with Gasteiger partial charge in [0, 0.05) is 6.20 Å². The number of aromatic nitrogens is 3. The zero-order valence-corrected chi connectivity index (χ0v) is 16.5. The number of amides is 1. The molecule has 1 N–H and O–H groups in total. The average Bonchev–Trinajstić information content (AvgIpc) is 3.07. The summed E-state index contributed by atoms with van der Waals surface area (Å²) in [7, 11) is -3.97. The number of pyridine rings is 1. The fourth-order valence-corrected chi connectivity index (χ4v) is 4.96. The van der Waals surface area contributed by atoms with Crippen molar-refractivity contribution in [3.05, 3.63) is 59.8 Å². The zero-order valence-electron chi connectivity index (χ0n) is 15.7. The second-order valence-electron chi connectivity index (χ2n) is 6.76. The van der Waals surface area contributed by atoms with Gasteiger partial charge in [0.15, 0.2) is 0 Å². The van der Waals surface area contributed by atoms with E-state index in [1.54, 1.807) is 36.0 Å². The molecule has 9 heteroatoms. The van der Waals surface area contributed by atoms with Gasteiger partial charge in [-0.05, 0) is 44.0 Å². The number of sulfonamides is 1. The van der Waals surface area contributed by atoms with Crippen molar-refractivity contribution in [2.75, 3.05) is 16.2 Å². The van der Waals surface area contributed by atoms with Gasteiger partial charge in [0.05, 0.1) is 23.3 Å². The summed E-state index contributed by atoms with van der Waals surface area (Å²) in [5.74, 6) is 0.197. The lowest BCUT2D eigenvalue weighted by molar-refractivity contribution is -0.115. The van der Waals surface area contributed by atoms with E-state index >= 15 is 0 Å². The Bertz CT molecular complexity index is 1200.